The third-order valence-corrected chi connectivity index (χ3v) is 5.47. The third kappa shape index (κ3) is 2.28. The third-order valence-electron chi connectivity index (χ3n) is 5.17. The second kappa shape index (κ2) is 5.93. The smallest absolute Gasteiger partial charge is 0.328 e. The van der Waals surface area contributed by atoms with Crippen LogP contribution in [-0.4, -0.2) is 54.1 Å². The van der Waals surface area contributed by atoms with Crippen molar-refractivity contribution in [3.05, 3.63) is 28.8 Å². The van der Waals surface area contributed by atoms with Crippen molar-refractivity contribution in [1.82, 2.24) is 9.80 Å². The second-order valence-corrected chi connectivity index (χ2v) is 6.80. The van der Waals surface area contributed by atoms with Crippen molar-refractivity contribution >= 4 is 23.5 Å². The lowest BCUT2D eigenvalue weighted by atomic mass is 9.97. The van der Waals surface area contributed by atoms with Gasteiger partial charge in [-0.05, 0) is 12.5 Å². The summed E-state index contributed by atoms with van der Waals surface area (Å²) in [5, 5.41) is 0.508. The van der Waals surface area contributed by atoms with Crippen molar-refractivity contribution in [3.8, 4) is 5.75 Å². The molecular weight excluding hydrogens is 332 g/mol. The Labute approximate surface area is 145 Å². The Morgan fingerprint density at radius 3 is 2.88 bits per heavy atom. The van der Waals surface area contributed by atoms with Gasteiger partial charge in [-0.2, -0.15) is 0 Å². The van der Waals surface area contributed by atoms with Crippen LogP contribution in [-0.2, 0) is 9.53 Å². The molecule has 3 atom stereocenters. The lowest BCUT2D eigenvalue weighted by Gasteiger charge is -2.32. The highest BCUT2D eigenvalue weighted by Gasteiger charge is 2.51. The van der Waals surface area contributed by atoms with Crippen molar-refractivity contribution in [1.29, 1.82) is 0 Å². The number of carbonyl (C=O) groups excluding carboxylic acids is 2. The molecule has 4 rings (SSSR count). The molecule has 0 saturated carbocycles. The molecule has 1 aromatic carbocycles. The lowest BCUT2D eigenvalue weighted by Crippen LogP contribution is -2.44. The highest BCUT2D eigenvalue weighted by atomic mass is 35.5. The predicted octanol–water partition coefficient (Wildman–Crippen LogP) is 2.61. The number of nitrogens with zero attached hydrogens (tertiary/aromatic N) is 2. The molecule has 0 aliphatic carbocycles. The fourth-order valence-corrected chi connectivity index (χ4v) is 4.16. The zero-order chi connectivity index (χ0) is 16.8. The molecular formula is C17H19ClN2O4. The summed E-state index contributed by atoms with van der Waals surface area (Å²) in [6.45, 7) is 0.986. The molecule has 1 aromatic rings. The van der Waals surface area contributed by atoms with Gasteiger partial charge < -0.3 is 14.4 Å². The minimum atomic E-state index is -0.415. The van der Waals surface area contributed by atoms with Gasteiger partial charge in [0.2, 0.25) is 0 Å². The quantitative estimate of drug-likeness (QED) is 0.769. The summed E-state index contributed by atoms with van der Waals surface area (Å²) in [4.78, 5) is 28.9. The highest BCUT2D eigenvalue weighted by molar-refractivity contribution is 6.32. The number of ether oxygens (including phenoxy) is 2. The SMILES string of the molecule is COC1CCN2C(=O)N(C3CCOc4c(Cl)cccc43)C(=O)C2C1. The van der Waals surface area contributed by atoms with Crippen molar-refractivity contribution in [2.24, 2.45) is 0 Å². The van der Waals surface area contributed by atoms with Gasteiger partial charge in [0.1, 0.15) is 11.8 Å². The molecule has 3 amide bonds. The average Bonchev–Trinajstić information content (AvgIpc) is 2.85. The van der Waals surface area contributed by atoms with E-state index in [1.54, 1.807) is 18.1 Å². The summed E-state index contributed by atoms with van der Waals surface area (Å²) in [7, 11) is 1.65. The zero-order valence-electron chi connectivity index (χ0n) is 13.4. The molecule has 3 unspecified atom stereocenters. The molecule has 0 radical (unpaired) electrons. The summed E-state index contributed by atoms with van der Waals surface area (Å²) < 4.78 is 11.0. The number of amides is 3. The topological polar surface area (TPSA) is 59.1 Å². The van der Waals surface area contributed by atoms with E-state index in [0.29, 0.717) is 36.8 Å². The van der Waals surface area contributed by atoms with Crippen LogP contribution in [0.25, 0.3) is 0 Å². The predicted molar refractivity (Wildman–Crippen MR) is 87.1 cm³/mol. The van der Waals surface area contributed by atoms with E-state index >= 15 is 0 Å². The number of imide groups is 1. The number of benzene rings is 1. The number of piperidine rings is 1. The second-order valence-electron chi connectivity index (χ2n) is 6.39. The largest absolute Gasteiger partial charge is 0.492 e. The number of halogens is 1. The summed E-state index contributed by atoms with van der Waals surface area (Å²) in [5.41, 5.74) is 0.804. The van der Waals surface area contributed by atoms with E-state index < -0.39 is 6.04 Å². The standard InChI is InChI=1S/C17H19ClN2O4/c1-23-10-5-7-19-14(9-10)16(21)20(17(19)22)13-6-8-24-15-11(13)3-2-4-12(15)18/h2-4,10,13-14H,5-9H2,1H3. The minimum Gasteiger partial charge on any atom is -0.492 e. The van der Waals surface area contributed by atoms with Crippen LogP contribution in [0.5, 0.6) is 5.75 Å². The van der Waals surface area contributed by atoms with Crippen LogP contribution in [0.1, 0.15) is 30.9 Å². The molecule has 2 fully saturated rings. The molecule has 24 heavy (non-hydrogen) atoms. The number of hydrogen-bond donors (Lipinski definition) is 0. The number of hydrogen-bond acceptors (Lipinski definition) is 4. The summed E-state index contributed by atoms with van der Waals surface area (Å²) in [5.74, 6) is 0.440. The monoisotopic (exact) mass is 350 g/mol. The number of para-hydroxylation sites is 1. The van der Waals surface area contributed by atoms with Gasteiger partial charge >= 0.3 is 6.03 Å². The van der Waals surface area contributed by atoms with Crippen LogP contribution >= 0.6 is 11.6 Å². The molecule has 3 aliphatic rings. The highest BCUT2D eigenvalue weighted by Crippen LogP contribution is 2.43. The van der Waals surface area contributed by atoms with Crippen molar-refractivity contribution in [2.45, 2.75) is 37.5 Å². The van der Waals surface area contributed by atoms with Crippen molar-refractivity contribution < 1.29 is 19.1 Å². The van der Waals surface area contributed by atoms with Gasteiger partial charge in [0.25, 0.3) is 5.91 Å². The molecule has 0 aromatic heterocycles. The van der Waals surface area contributed by atoms with Crippen LogP contribution < -0.4 is 4.74 Å². The first-order chi connectivity index (χ1) is 11.6. The Kier molecular flexibility index (Phi) is 3.89. The first-order valence-electron chi connectivity index (χ1n) is 8.19. The van der Waals surface area contributed by atoms with E-state index in [0.717, 1.165) is 12.0 Å². The number of methoxy groups -OCH3 is 1. The van der Waals surface area contributed by atoms with Gasteiger partial charge in [0.05, 0.1) is 23.8 Å². The van der Waals surface area contributed by atoms with Crippen LogP contribution in [0.3, 0.4) is 0 Å². The van der Waals surface area contributed by atoms with E-state index in [2.05, 4.69) is 0 Å². The van der Waals surface area contributed by atoms with Crippen LogP contribution in [0, 0.1) is 0 Å². The molecule has 3 heterocycles. The van der Waals surface area contributed by atoms with Gasteiger partial charge in [-0.1, -0.05) is 23.7 Å². The van der Waals surface area contributed by atoms with E-state index in [4.69, 9.17) is 21.1 Å². The van der Waals surface area contributed by atoms with Crippen LogP contribution in [0.4, 0.5) is 4.79 Å². The Morgan fingerprint density at radius 1 is 1.25 bits per heavy atom. The molecule has 2 saturated heterocycles. The van der Waals surface area contributed by atoms with Crippen LogP contribution in [0.2, 0.25) is 5.02 Å². The van der Waals surface area contributed by atoms with Crippen molar-refractivity contribution in [2.75, 3.05) is 20.3 Å². The van der Waals surface area contributed by atoms with Gasteiger partial charge in [0, 0.05) is 32.1 Å². The maximum Gasteiger partial charge on any atom is 0.328 e. The van der Waals surface area contributed by atoms with Gasteiger partial charge in [-0.25, -0.2) is 4.79 Å². The van der Waals surface area contributed by atoms with E-state index in [9.17, 15) is 9.59 Å². The van der Waals surface area contributed by atoms with Gasteiger partial charge in [-0.3, -0.25) is 9.69 Å². The number of fused-ring (bicyclic) bond motifs is 2. The van der Waals surface area contributed by atoms with Gasteiger partial charge in [0.15, 0.2) is 0 Å². The number of urea groups is 1. The fraction of sp³-hybridized carbons (Fsp3) is 0.529. The maximum atomic E-state index is 12.9. The van der Waals surface area contributed by atoms with Crippen molar-refractivity contribution in [3.63, 3.8) is 0 Å². The molecule has 0 bridgehead atoms. The Balaban J connectivity index is 1.67. The average molecular weight is 351 g/mol. The fourth-order valence-electron chi connectivity index (χ4n) is 3.93. The number of rotatable bonds is 2. The molecule has 7 heteroatoms. The number of carbonyl (C=O) groups is 2. The summed E-state index contributed by atoms with van der Waals surface area (Å²) in [6.07, 6.45) is 1.93. The molecule has 3 aliphatic heterocycles. The first kappa shape index (κ1) is 15.7. The zero-order valence-corrected chi connectivity index (χ0v) is 14.2. The Hall–Kier alpha value is -1.79. The maximum absolute atomic E-state index is 12.9. The normalized spacial score (nSPS) is 29.3. The Morgan fingerprint density at radius 2 is 2.08 bits per heavy atom. The van der Waals surface area contributed by atoms with E-state index in [1.165, 1.54) is 4.90 Å². The van der Waals surface area contributed by atoms with E-state index in [-0.39, 0.29) is 24.1 Å². The molecule has 6 nitrogen and oxygen atoms in total. The lowest BCUT2D eigenvalue weighted by molar-refractivity contribution is -0.132. The first-order valence-corrected chi connectivity index (χ1v) is 8.57. The van der Waals surface area contributed by atoms with Crippen LogP contribution in [0.15, 0.2) is 18.2 Å². The minimum absolute atomic E-state index is 0.0272. The summed E-state index contributed by atoms with van der Waals surface area (Å²) in [6, 6.07) is 4.50. The van der Waals surface area contributed by atoms with Gasteiger partial charge in [-0.15, -0.1) is 0 Å². The Bertz CT molecular complexity index is 695. The molecule has 0 spiro atoms. The van der Waals surface area contributed by atoms with E-state index in [1.807, 2.05) is 12.1 Å². The molecule has 0 N–H and O–H groups in total. The summed E-state index contributed by atoms with van der Waals surface area (Å²) >= 11 is 6.21. The molecule has 128 valence electrons.